The van der Waals surface area contributed by atoms with Gasteiger partial charge in [0.25, 0.3) is 11.6 Å². The molecule has 0 saturated heterocycles. The first-order chi connectivity index (χ1) is 12.6. The molecule has 2 aromatic carbocycles. The lowest BCUT2D eigenvalue weighted by Crippen LogP contribution is -2.29. The van der Waals surface area contributed by atoms with Gasteiger partial charge in [-0.1, -0.05) is 12.1 Å². The number of aromatic amines is 1. The number of rotatable bonds is 7. The van der Waals surface area contributed by atoms with Gasteiger partial charge in [0, 0.05) is 36.1 Å². The van der Waals surface area contributed by atoms with E-state index in [1.165, 1.54) is 6.07 Å². The van der Waals surface area contributed by atoms with E-state index >= 15 is 0 Å². The van der Waals surface area contributed by atoms with Gasteiger partial charge in [0.2, 0.25) is 0 Å². The summed E-state index contributed by atoms with van der Waals surface area (Å²) in [5.74, 6) is 0.462. The number of carbonyl (C=O) groups is 1. The van der Waals surface area contributed by atoms with E-state index in [-0.39, 0.29) is 11.6 Å². The highest BCUT2D eigenvalue weighted by Gasteiger charge is 2.12. The van der Waals surface area contributed by atoms with Gasteiger partial charge in [0.15, 0.2) is 0 Å². The van der Waals surface area contributed by atoms with Crippen molar-refractivity contribution in [3.05, 3.63) is 64.3 Å². The van der Waals surface area contributed by atoms with Crippen molar-refractivity contribution in [1.82, 2.24) is 10.3 Å². The van der Waals surface area contributed by atoms with E-state index in [2.05, 4.69) is 15.6 Å². The van der Waals surface area contributed by atoms with Crippen molar-refractivity contribution in [2.24, 2.45) is 0 Å². The van der Waals surface area contributed by atoms with E-state index in [0.717, 1.165) is 10.9 Å². The second-order valence-electron chi connectivity index (χ2n) is 5.59. The molecule has 0 aliphatic carbocycles. The number of para-hydroxylation sites is 2. The molecular weight excluding hydrogens is 336 g/mol. The molecule has 0 saturated carbocycles. The molecule has 0 aliphatic rings. The number of hydrogen-bond acceptors (Lipinski definition) is 5. The Bertz CT molecular complexity index is 951. The third kappa shape index (κ3) is 3.75. The Labute approximate surface area is 149 Å². The summed E-state index contributed by atoms with van der Waals surface area (Å²) in [6.45, 7) is 0.689. The lowest BCUT2D eigenvalue weighted by atomic mass is 10.2. The third-order valence-electron chi connectivity index (χ3n) is 3.90. The zero-order valence-electron chi connectivity index (χ0n) is 14.1. The maximum Gasteiger partial charge on any atom is 0.292 e. The molecule has 0 atom stereocenters. The molecule has 3 rings (SSSR count). The first-order valence-electron chi connectivity index (χ1n) is 8.01. The van der Waals surface area contributed by atoms with Gasteiger partial charge in [0.05, 0.1) is 12.0 Å². The van der Waals surface area contributed by atoms with Crippen LogP contribution in [0.2, 0.25) is 0 Å². The molecule has 0 spiro atoms. The minimum Gasteiger partial charge on any atom is -0.497 e. The zero-order valence-corrected chi connectivity index (χ0v) is 14.1. The lowest BCUT2D eigenvalue weighted by Gasteiger charge is -2.07. The summed E-state index contributed by atoms with van der Waals surface area (Å²) in [6, 6.07) is 13.7. The van der Waals surface area contributed by atoms with Gasteiger partial charge >= 0.3 is 0 Å². The molecule has 1 amide bonds. The van der Waals surface area contributed by atoms with Crippen LogP contribution in [0.5, 0.6) is 5.75 Å². The van der Waals surface area contributed by atoms with E-state index in [1.807, 2.05) is 18.2 Å². The number of nitrogens with one attached hydrogen (secondary N) is 3. The number of aromatic nitrogens is 1. The monoisotopic (exact) mass is 354 g/mol. The third-order valence-corrected chi connectivity index (χ3v) is 3.90. The predicted molar refractivity (Wildman–Crippen MR) is 98.8 cm³/mol. The number of H-pyrrole nitrogens is 1. The second kappa shape index (κ2) is 7.56. The van der Waals surface area contributed by atoms with Crippen LogP contribution in [0.4, 0.5) is 11.4 Å². The standard InChI is InChI=1S/C18H18N4O4/c1-26-13-7-6-12-10-16(21-15(12)11-13)18(23)20-9-8-19-14-4-2-3-5-17(14)22(24)25/h2-7,10-11,19,21H,8-9H2,1H3,(H,20,23). The fraction of sp³-hybridized carbons (Fsp3) is 0.167. The average Bonchev–Trinajstić information content (AvgIpc) is 3.08. The minimum absolute atomic E-state index is 0.00314. The molecule has 134 valence electrons. The largest absolute Gasteiger partial charge is 0.497 e. The Balaban J connectivity index is 1.57. The Kier molecular flexibility index (Phi) is 5.02. The molecule has 0 aliphatic heterocycles. The van der Waals surface area contributed by atoms with Crippen LogP contribution < -0.4 is 15.4 Å². The highest BCUT2D eigenvalue weighted by atomic mass is 16.6. The Morgan fingerprint density at radius 2 is 2.00 bits per heavy atom. The lowest BCUT2D eigenvalue weighted by molar-refractivity contribution is -0.384. The number of carbonyl (C=O) groups excluding carboxylic acids is 1. The van der Waals surface area contributed by atoms with Crippen LogP contribution in [-0.2, 0) is 0 Å². The number of ether oxygens (including phenoxy) is 1. The molecule has 26 heavy (non-hydrogen) atoms. The van der Waals surface area contributed by atoms with Gasteiger partial charge in [-0.3, -0.25) is 14.9 Å². The molecule has 3 aromatic rings. The van der Waals surface area contributed by atoms with Crippen LogP contribution in [0, 0.1) is 10.1 Å². The van der Waals surface area contributed by atoms with Gasteiger partial charge in [-0.25, -0.2) is 0 Å². The molecule has 8 heteroatoms. The molecule has 0 radical (unpaired) electrons. The zero-order chi connectivity index (χ0) is 18.5. The number of benzene rings is 2. The Morgan fingerprint density at radius 3 is 2.77 bits per heavy atom. The fourth-order valence-corrected chi connectivity index (χ4v) is 2.61. The van der Waals surface area contributed by atoms with E-state index < -0.39 is 4.92 Å². The SMILES string of the molecule is COc1ccc2cc(C(=O)NCCNc3ccccc3[N+](=O)[O-])[nH]c2c1. The number of hydrogen-bond donors (Lipinski definition) is 3. The Hall–Kier alpha value is -3.55. The quantitative estimate of drug-likeness (QED) is 0.343. The van der Waals surface area contributed by atoms with Gasteiger partial charge in [-0.05, 0) is 24.3 Å². The summed E-state index contributed by atoms with van der Waals surface area (Å²) >= 11 is 0. The molecule has 0 unspecified atom stereocenters. The number of nitro groups is 1. The van der Waals surface area contributed by atoms with Crippen molar-refractivity contribution < 1.29 is 14.5 Å². The van der Waals surface area contributed by atoms with Gasteiger partial charge in [-0.15, -0.1) is 0 Å². The first kappa shape index (κ1) is 17.3. The van der Waals surface area contributed by atoms with Crippen molar-refractivity contribution in [1.29, 1.82) is 0 Å². The Morgan fingerprint density at radius 1 is 1.19 bits per heavy atom. The van der Waals surface area contributed by atoms with Crippen molar-refractivity contribution in [3.8, 4) is 5.75 Å². The van der Waals surface area contributed by atoms with Crippen LogP contribution in [0.3, 0.4) is 0 Å². The van der Waals surface area contributed by atoms with E-state index in [4.69, 9.17) is 4.74 Å². The van der Waals surface area contributed by atoms with E-state index in [0.29, 0.717) is 30.2 Å². The summed E-state index contributed by atoms with van der Waals surface area (Å²) in [6.07, 6.45) is 0. The summed E-state index contributed by atoms with van der Waals surface area (Å²) in [5.41, 5.74) is 1.68. The summed E-state index contributed by atoms with van der Waals surface area (Å²) in [5, 5.41) is 17.6. The molecule has 8 nitrogen and oxygen atoms in total. The average molecular weight is 354 g/mol. The number of fused-ring (bicyclic) bond motifs is 1. The summed E-state index contributed by atoms with van der Waals surface area (Å²) < 4.78 is 5.16. The maximum absolute atomic E-state index is 12.2. The normalized spacial score (nSPS) is 10.5. The van der Waals surface area contributed by atoms with Crippen molar-refractivity contribution in [3.63, 3.8) is 0 Å². The number of methoxy groups -OCH3 is 1. The first-order valence-corrected chi connectivity index (χ1v) is 8.01. The van der Waals surface area contributed by atoms with Crippen LogP contribution in [0.15, 0.2) is 48.5 Å². The number of amides is 1. The molecule has 3 N–H and O–H groups in total. The van der Waals surface area contributed by atoms with Crippen molar-refractivity contribution in [2.45, 2.75) is 0 Å². The highest BCUT2D eigenvalue weighted by molar-refractivity contribution is 5.98. The molecule has 0 fully saturated rings. The van der Waals surface area contributed by atoms with E-state index in [1.54, 1.807) is 31.4 Å². The smallest absolute Gasteiger partial charge is 0.292 e. The number of nitrogens with zero attached hydrogens (tertiary/aromatic N) is 1. The molecule has 1 aromatic heterocycles. The number of nitro benzene ring substituents is 1. The van der Waals surface area contributed by atoms with Gasteiger partial charge < -0.3 is 20.4 Å². The van der Waals surface area contributed by atoms with Gasteiger partial charge in [-0.2, -0.15) is 0 Å². The molecule has 0 bridgehead atoms. The summed E-state index contributed by atoms with van der Waals surface area (Å²) in [7, 11) is 1.59. The summed E-state index contributed by atoms with van der Waals surface area (Å²) in [4.78, 5) is 25.8. The number of anilines is 1. The predicted octanol–water partition coefficient (Wildman–Crippen LogP) is 2.93. The second-order valence-corrected chi connectivity index (χ2v) is 5.59. The maximum atomic E-state index is 12.2. The van der Waals surface area contributed by atoms with Crippen molar-refractivity contribution >= 4 is 28.2 Å². The van der Waals surface area contributed by atoms with Crippen LogP contribution in [-0.4, -0.2) is 36.0 Å². The molecule has 1 heterocycles. The van der Waals surface area contributed by atoms with Crippen LogP contribution in [0.1, 0.15) is 10.5 Å². The highest BCUT2D eigenvalue weighted by Crippen LogP contribution is 2.23. The minimum atomic E-state index is -0.445. The van der Waals surface area contributed by atoms with Crippen molar-refractivity contribution in [2.75, 3.05) is 25.5 Å². The van der Waals surface area contributed by atoms with E-state index in [9.17, 15) is 14.9 Å². The fourth-order valence-electron chi connectivity index (χ4n) is 2.61. The topological polar surface area (TPSA) is 109 Å². The van der Waals surface area contributed by atoms with Gasteiger partial charge in [0.1, 0.15) is 17.1 Å². The van der Waals surface area contributed by atoms with Crippen LogP contribution >= 0.6 is 0 Å². The van der Waals surface area contributed by atoms with Crippen LogP contribution in [0.25, 0.3) is 10.9 Å². The molecular formula is C18H18N4O4.